The van der Waals surface area contributed by atoms with E-state index < -0.39 is 0 Å². The second-order valence-corrected chi connectivity index (χ2v) is 8.25. The van der Waals surface area contributed by atoms with Crippen molar-refractivity contribution in [2.24, 2.45) is 4.99 Å². The smallest absolute Gasteiger partial charge is 0.191 e. The number of hydrogen-bond donors (Lipinski definition) is 2. The highest BCUT2D eigenvalue weighted by molar-refractivity contribution is 5.80. The molecule has 0 aliphatic carbocycles. The van der Waals surface area contributed by atoms with Gasteiger partial charge in [-0.2, -0.15) is 0 Å². The molecule has 2 aromatic rings. The first kappa shape index (κ1) is 22.4. The van der Waals surface area contributed by atoms with Crippen LogP contribution in [0.4, 0.5) is 5.69 Å². The van der Waals surface area contributed by atoms with E-state index >= 15 is 0 Å². The number of hydrogen-bond acceptors (Lipinski definition) is 5. The lowest BCUT2D eigenvalue weighted by Crippen LogP contribution is -2.44. The van der Waals surface area contributed by atoms with Gasteiger partial charge in [-0.05, 0) is 24.6 Å². The number of benzene rings is 2. The number of nitrogens with one attached hydrogen (secondary N) is 2. The molecule has 1 unspecified atom stereocenters. The van der Waals surface area contributed by atoms with Crippen molar-refractivity contribution >= 4 is 11.6 Å². The average molecular weight is 438 g/mol. The van der Waals surface area contributed by atoms with Crippen molar-refractivity contribution in [3.63, 3.8) is 0 Å². The standard InChI is InChI=1S/C25H35N5O2/c1-26-25(28-22-11-12-30(20-22)23-8-3-2-4-9-23)27-19-21-7-5-6-10-24(21)32-18-15-29-13-16-31-17-14-29/h2-10,22H,11-20H2,1H3,(H2,26,27,28). The molecule has 0 saturated carbocycles. The molecule has 2 fully saturated rings. The van der Waals surface area contributed by atoms with Crippen LogP contribution in [0.15, 0.2) is 59.6 Å². The largest absolute Gasteiger partial charge is 0.492 e. The van der Waals surface area contributed by atoms with Gasteiger partial charge in [0.25, 0.3) is 0 Å². The van der Waals surface area contributed by atoms with Gasteiger partial charge < -0.3 is 25.0 Å². The summed E-state index contributed by atoms with van der Waals surface area (Å²) in [6, 6.07) is 19.2. The summed E-state index contributed by atoms with van der Waals surface area (Å²) in [6.07, 6.45) is 1.09. The Kier molecular flexibility index (Phi) is 8.23. The molecule has 1 atom stereocenters. The summed E-state index contributed by atoms with van der Waals surface area (Å²) in [5, 5.41) is 7.04. The Morgan fingerprint density at radius 1 is 1.06 bits per heavy atom. The lowest BCUT2D eigenvalue weighted by Gasteiger charge is -2.26. The van der Waals surface area contributed by atoms with Crippen LogP contribution in [-0.2, 0) is 11.3 Å². The maximum absolute atomic E-state index is 6.11. The van der Waals surface area contributed by atoms with Crippen molar-refractivity contribution < 1.29 is 9.47 Å². The van der Waals surface area contributed by atoms with Crippen LogP contribution >= 0.6 is 0 Å². The third-order valence-electron chi connectivity index (χ3n) is 6.06. The molecule has 2 heterocycles. The lowest BCUT2D eigenvalue weighted by molar-refractivity contribution is 0.0322. The third kappa shape index (κ3) is 6.37. The molecule has 0 radical (unpaired) electrons. The van der Waals surface area contributed by atoms with Gasteiger partial charge in [-0.25, -0.2) is 0 Å². The van der Waals surface area contributed by atoms with Crippen LogP contribution in [0.2, 0.25) is 0 Å². The Balaban J connectivity index is 1.24. The summed E-state index contributed by atoms with van der Waals surface area (Å²) in [6.45, 7) is 7.91. The Bertz CT molecular complexity index is 854. The molecule has 4 rings (SSSR count). The molecule has 0 amide bonds. The van der Waals surface area contributed by atoms with Crippen LogP contribution in [0, 0.1) is 0 Å². The number of nitrogens with zero attached hydrogens (tertiary/aromatic N) is 3. The predicted molar refractivity (Wildman–Crippen MR) is 130 cm³/mol. The molecule has 2 aromatic carbocycles. The molecular formula is C25H35N5O2. The fourth-order valence-corrected chi connectivity index (χ4v) is 4.22. The molecule has 32 heavy (non-hydrogen) atoms. The molecule has 2 N–H and O–H groups in total. The Morgan fingerprint density at radius 3 is 2.66 bits per heavy atom. The zero-order chi connectivity index (χ0) is 22.0. The normalized spacial score (nSPS) is 19.7. The fourth-order valence-electron chi connectivity index (χ4n) is 4.22. The second-order valence-electron chi connectivity index (χ2n) is 8.25. The number of ether oxygens (including phenoxy) is 2. The lowest BCUT2D eigenvalue weighted by atomic mass is 10.2. The first-order valence-electron chi connectivity index (χ1n) is 11.6. The van der Waals surface area contributed by atoms with Crippen molar-refractivity contribution in [2.45, 2.75) is 19.0 Å². The van der Waals surface area contributed by atoms with E-state index in [1.165, 1.54) is 5.69 Å². The Morgan fingerprint density at radius 2 is 1.84 bits per heavy atom. The topological polar surface area (TPSA) is 61.4 Å². The molecule has 7 nitrogen and oxygen atoms in total. The molecule has 0 aromatic heterocycles. The summed E-state index contributed by atoms with van der Waals surface area (Å²) in [5.41, 5.74) is 2.41. The maximum atomic E-state index is 6.11. The summed E-state index contributed by atoms with van der Waals surface area (Å²) in [4.78, 5) is 9.24. The molecule has 0 bridgehead atoms. The number of morpholine rings is 1. The van der Waals surface area contributed by atoms with E-state index in [9.17, 15) is 0 Å². The van der Waals surface area contributed by atoms with Crippen molar-refractivity contribution in [3.8, 4) is 5.75 Å². The number of rotatable bonds is 8. The van der Waals surface area contributed by atoms with Crippen LogP contribution in [-0.4, -0.2) is 76.5 Å². The van der Waals surface area contributed by atoms with Crippen LogP contribution in [0.5, 0.6) is 5.75 Å². The zero-order valence-electron chi connectivity index (χ0n) is 19.0. The predicted octanol–water partition coefficient (Wildman–Crippen LogP) is 2.34. The average Bonchev–Trinajstić information content (AvgIpc) is 3.32. The molecule has 0 spiro atoms. The highest BCUT2D eigenvalue weighted by Gasteiger charge is 2.23. The van der Waals surface area contributed by atoms with Crippen LogP contribution in [0.1, 0.15) is 12.0 Å². The number of guanidine groups is 1. The Labute approximate surface area is 191 Å². The Hall–Kier alpha value is -2.77. The quantitative estimate of drug-likeness (QED) is 0.488. The monoisotopic (exact) mass is 437 g/mol. The van der Waals surface area contributed by atoms with Crippen molar-refractivity contribution in [2.75, 3.05) is 64.5 Å². The highest BCUT2D eigenvalue weighted by atomic mass is 16.5. The zero-order valence-corrected chi connectivity index (χ0v) is 19.0. The van der Waals surface area contributed by atoms with Gasteiger partial charge in [-0.15, -0.1) is 0 Å². The third-order valence-corrected chi connectivity index (χ3v) is 6.06. The van der Waals surface area contributed by atoms with Crippen molar-refractivity contribution in [1.29, 1.82) is 0 Å². The van der Waals surface area contributed by atoms with Crippen LogP contribution < -0.4 is 20.3 Å². The molecule has 7 heteroatoms. The summed E-state index contributed by atoms with van der Waals surface area (Å²) in [5.74, 6) is 1.76. The summed E-state index contributed by atoms with van der Waals surface area (Å²) in [7, 11) is 1.82. The van der Waals surface area contributed by atoms with Gasteiger partial charge in [-0.3, -0.25) is 9.89 Å². The highest BCUT2D eigenvalue weighted by Crippen LogP contribution is 2.20. The van der Waals surface area contributed by atoms with Crippen LogP contribution in [0.25, 0.3) is 0 Å². The van der Waals surface area contributed by atoms with E-state index in [0.717, 1.165) is 69.6 Å². The summed E-state index contributed by atoms with van der Waals surface area (Å²) < 4.78 is 11.5. The SMILES string of the molecule is CN=C(NCc1ccccc1OCCN1CCOCC1)NC1CCN(c2ccccc2)C1. The van der Waals surface area contributed by atoms with E-state index in [4.69, 9.17) is 9.47 Å². The van der Waals surface area contributed by atoms with Gasteiger partial charge in [0.05, 0.1) is 13.2 Å². The molecule has 2 saturated heterocycles. The van der Waals surface area contributed by atoms with E-state index in [1.807, 2.05) is 19.2 Å². The number of para-hydroxylation sites is 2. The minimum absolute atomic E-state index is 0.376. The molecular weight excluding hydrogens is 402 g/mol. The van der Waals surface area contributed by atoms with Gasteiger partial charge in [-0.1, -0.05) is 36.4 Å². The van der Waals surface area contributed by atoms with Crippen LogP contribution in [0.3, 0.4) is 0 Å². The molecule has 172 valence electrons. The first-order chi connectivity index (χ1) is 15.8. The van der Waals surface area contributed by atoms with E-state index in [-0.39, 0.29) is 0 Å². The number of aliphatic imine (C=N–C) groups is 1. The van der Waals surface area contributed by atoms with Gasteiger partial charge in [0.2, 0.25) is 0 Å². The van der Waals surface area contributed by atoms with Crippen molar-refractivity contribution in [1.82, 2.24) is 15.5 Å². The molecule has 2 aliphatic heterocycles. The summed E-state index contributed by atoms with van der Waals surface area (Å²) >= 11 is 0. The van der Waals surface area contributed by atoms with E-state index in [1.54, 1.807) is 0 Å². The minimum Gasteiger partial charge on any atom is -0.492 e. The van der Waals surface area contributed by atoms with Gasteiger partial charge in [0.15, 0.2) is 5.96 Å². The second kappa shape index (κ2) is 11.7. The van der Waals surface area contributed by atoms with Gasteiger partial charge in [0.1, 0.15) is 12.4 Å². The van der Waals surface area contributed by atoms with Crippen molar-refractivity contribution in [3.05, 3.63) is 60.2 Å². The first-order valence-corrected chi connectivity index (χ1v) is 11.6. The maximum Gasteiger partial charge on any atom is 0.191 e. The van der Waals surface area contributed by atoms with E-state index in [2.05, 4.69) is 67.9 Å². The molecule has 2 aliphatic rings. The minimum atomic E-state index is 0.376. The van der Waals surface area contributed by atoms with E-state index in [0.29, 0.717) is 19.2 Å². The van der Waals surface area contributed by atoms with Gasteiger partial charge in [0, 0.05) is 63.6 Å². The number of anilines is 1. The van der Waals surface area contributed by atoms with Gasteiger partial charge >= 0.3 is 0 Å². The fraction of sp³-hybridized carbons (Fsp3) is 0.480.